The standard InChI is InChI=1S/C25H23FN4O3/c1-29-15-22(17-11-13-28-14-12-17)30(2)25(29,20-7-9-21(26)10-8-20)19-5-3-18(4-6-19)24(32)33-16-23(27)31/h3-15H,16H2,1-2H3,(H2,27,31). The summed E-state index contributed by atoms with van der Waals surface area (Å²) in [6.45, 7) is -0.481. The van der Waals surface area contributed by atoms with Crippen LogP contribution in [0.3, 0.4) is 0 Å². The summed E-state index contributed by atoms with van der Waals surface area (Å²) >= 11 is 0. The third kappa shape index (κ3) is 3.91. The van der Waals surface area contributed by atoms with Gasteiger partial charge >= 0.3 is 5.97 Å². The van der Waals surface area contributed by atoms with E-state index in [-0.39, 0.29) is 5.82 Å². The van der Waals surface area contributed by atoms with Crippen LogP contribution in [0.4, 0.5) is 4.39 Å². The molecule has 0 saturated heterocycles. The minimum absolute atomic E-state index is 0.292. The van der Waals surface area contributed by atoms with E-state index in [1.54, 1.807) is 36.7 Å². The van der Waals surface area contributed by atoms with E-state index in [0.29, 0.717) is 5.56 Å². The molecule has 1 unspecified atom stereocenters. The molecule has 1 aromatic heterocycles. The molecule has 0 fully saturated rings. The van der Waals surface area contributed by atoms with Gasteiger partial charge in [-0.3, -0.25) is 9.78 Å². The number of pyridine rings is 1. The molecule has 0 radical (unpaired) electrons. The lowest BCUT2D eigenvalue weighted by Crippen LogP contribution is -2.49. The number of carbonyl (C=O) groups excluding carboxylic acids is 2. The van der Waals surface area contributed by atoms with Gasteiger partial charge in [-0.05, 0) is 36.4 Å². The number of rotatable bonds is 6. The summed E-state index contributed by atoms with van der Waals surface area (Å²) in [5, 5.41) is 0. The maximum absolute atomic E-state index is 13.8. The number of carbonyl (C=O) groups is 2. The summed E-state index contributed by atoms with van der Waals surface area (Å²) in [6.07, 6.45) is 5.48. The molecule has 2 heterocycles. The van der Waals surface area contributed by atoms with Crippen molar-refractivity contribution in [3.63, 3.8) is 0 Å². The van der Waals surface area contributed by atoms with Crippen molar-refractivity contribution in [2.24, 2.45) is 5.73 Å². The average molecular weight is 446 g/mol. The Balaban J connectivity index is 1.78. The number of primary amides is 1. The molecule has 2 N–H and O–H groups in total. The summed E-state index contributed by atoms with van der Waals surface area (Å²) in [7, 11) is 3.91. The van der Waals surface area contributed by atoms with Crippen molar-refractivity contribution in [3.05, 3.63) is 107 Å². The number of aromatic nitrogens is 1. The van der Waals surface area contributed by atoms with E-state index >= 15 is 0 Å². The third-order valence-corrected chi connectivity index (χ3v) is 5.76. The SMILES string of the molecule is CN1C=C(c2ccncc2)N(C)C1(c1ccc(F)cc1)c1ccc(C(=O)OCC(N)=O)cc1. The lowest BCUT2D eigenvalue weighted by atomic mass is 9.88. The molecular weight excluding hydrogens is 423 g/mol. The van der Waals surface area contributed by atoms with E-state index in [0.717, 1.165) is 22.4 Å². The van der Waals surface area contributed by atoms with Gasteiger partial charge in [-0.25, -0.2) is 9.18 Å². The predicted molar refractivity (Wildman–Crippen MR) is 121 cm³/mol. The summed E-state index contributed by atoms with van der Waals surface area (Å²) in [5.74, 6) is -1.69. The zero-order chi connectivity index (χ0) is 23.6. The van der Waals surface area contributed by atoms with E-state index in [9.17, 15) is 14.0 Å². The smallest absolute Gasteiger partial charge is 0.338 e. The first-order chi connectivity index (χ1) is 15.8. The molecule has 0 aliphatic carbocycles. The monoisotopic (exact) mass is 446 g/mol. The molecular formula is C25H23FN4O3. The number of amides is 1. The largest absolute Gasteiger partial charge is 0.452 e. The number of esters is 1. The van der Waals surface area contributed by atoms with Crippen LogP contribution in [0, 0.1) is 5.82 Å². The number of ether oxygens (including phenoxy) is 1. The van der Waals surface area contributed by atoms with Crippen LogP contribution in [0.15, 0.2) is 79.3 Å². The van der Waals surface area contributed by atoms with E-state index in [1.165, 1.54) is 12.1 Å². The minimum atomic E-state index is -0.804. The Bertz CT molecular complexity index is 1200. The van der Waals surface area contributed by atoms with Crippen molar-refractivity contribution in [3.8, 4) is 0 Å². The van der Waals surface area contributed by atoms with Crippen molar-refractivity contribution in [1.82, 2.24) is 14.8 Å². The highest BCUT2D eigenvalue weighted by molar-refractivity contribution is 5.91. The molecule has 8 heteroatoms. The summed E-state index contributed by atoms with van der Waals surface area (Å²) in [5.41, 5.74) is 8.17. The number of nitrogens with zero attached hydrogens (tertiary/aromatic N) is 3. The van der Waals surface area contributed by atoms with Crippen molar-refractivity contribution in [1.29, 1.82) is 0 Å². The molecule has 1 aliphatic heterocycles. The third-order valence-electron chi connectivity index (χ3n) is 5.76. The van der Waals surface area contributed by atoms with Crippen LogP contribution in [0.1, 0.15) is 27.0 Å². The van der Waals surface area contributed by atoms with Gasteiger partial charge in [0, 0.05) is 49.4 Å². The number of hydrogen-bond donors (Lipinski definition) is 1. The quantitative estimate of drug-likeness (QED) is 0.586. The zero-order valence-corrected chi connectivity index (χ0v) is 18.2. The normalized spacial score (nSPS) is 17.6. The van der Waals surface area contributed by atoms with Crippen molar-refractivity contribution >= 4 is 17.6 Å². The Morgan fingerprint density at radius 3 is 2.12 bits per heavy atom. The molecule has 4 rings (SSSR count). The second-order valence-corrected chi connectivity index (χ2v) is 7.72. The van der Waals surface area contributed by atoms with Gasteiger partial charge in [-0.1, -0.05) is 24.3 Å². The summed E-state index contributed by atoms with van der Waals surface area (Å²) in [4.78, 5) is 31.4. The second kappa shape index (κ2) is 8.74. The maximum Gasteiger partial charge on any atom is 0.338 e. The second-order valence-electron chi connectivity index (χ2n) is 7.72. The summed E-state index contributed by atoms with van der Waals surface area (Å²) in [6, 6.07) is 17.1. The van der Waals surface area contributed by atoms with Gasteiger partial charge in [0.05, 0.1) is 11.3 Å². The van der Waals surface area contributed by atoms with E-state index in [2.05, 4.69) is 14.8 Å². The highest BCUT2D eigenvalue weighted by atomic mass is 19.1. The van der Waals surface area contributed by atoms with Gasteiger partial charge in [0.2, 0.25) is 0 Å². The van der Waals surface area contributed by atoms with Crippen LogP contribution in [-0.4, -0.2) is 47.4 Å². The Morgan fingerprint density at radius 2 is 1.55 bits per heavy atom. The lowest BCUT2D eigenvalue weighted by Gasteiger charge is -2.44. The van der Waals surface area contributed by atoms with E-state index in [4.69, 9.17) is 10.5 Å². The van der Waals surface area contributed by atoms with Gasteiger partial charge in [0.25, 0.3) is 5.91 Å². The van der Waals surface area contributed by atoms with Gasteiger partial charge < -0.3 is 20.3 Å². The lowest BCUT2D eigenvalue weighted by molar-refractivity contribution is -0.121. The average Bonchev–Trinajstić information content (AvgIpc) is 3.09. The molecule has 0 spiro atoms. The minimum Gasteiger partial charge on any atom is -0.452 e. The van der Waals surface area contributed by atoms with E-state index < -0.39 is 24.1 Å². The van der Waals surface area contributed by atoms with Gasteiger partial charge in [-0.15, -0.1) is 0 Å². The fraction of sp³-hybridized carbons (Fsp3) is 0.160. The number of benzene rings is 2. The first kappa shape index (κ1) is 22.0. The van der Waals surface area contributed by atoms with Crippen LogP contribution in [0.5, 0.6) is 0 Å². The molecule has 168 valence electrons. The van der Waals surface area contributed by atoms with Crippen LogP contribution in [0.25, 0.3) is 5.70 Å². The zero-order valence-electron chi connectivity index (χ0n) is 18.2. The van der Waals surface area contributed by atoms with Crippen LogP contribution < -0.4 is 5.73 Å². The number of nitrogens with two attached hydrogens (primary N) is 1. The molecule has 3 aromatic rings. The molecule has 1 aliphatic rings. The molecule has 2 aromatic carbocycles. The van der Waals surface area contributed by atoms with Crippen molar-refractivity contribution < 1.29 is 18.7 Å². The molecule has 0 bridgehead atoms. The molecule has 0 saturated carbocycles. The number of halogens is 1. The van der Waals surface area contributed by atoms with Crippen molar-refractivity contribution in [2.75, 3.05) is 20.7 Å². The number of hydrogen-bond acceptors (Lipinski definition) is 6. The van der Waals surface area contributed by atoms with Gasteiger partial charge in [-0.2, -0.15) is 0 Å². The fourth-order valence-corrected chi connectivity index (χ4v) is 4.27. The van der Waals surface area contributed by atoms with Crippen molar-refractivity contribution in [2.45, 2.75) is 5.66 Å². The highest BCUT2D eigenvalue weighted by Gasteiger charge is 2.47. The van der Waals surface area contributed by atoms with Crippen LogP contribution >= 0.6 is 0 Å². The molecule has 7 nitrogen and oxygen atoms in total. The fourth-order valence-electron chi connectivity index (χ4n) is 4.27. The summed E-state index contributed by atoms with van der Waals surface area (Å²) < 4.78 is 18.7. The van der Waals surface area contributed by atoms with Crippen LogP contribution in [-0.2, 0) is 15.2 Å². The predicted octanol–water partition coefficient (Wildman–Crippen LogP) is 2.94. The Morgan fingerprint density at radius 1 is 0.970 bits per heavy atom. The molecule has 33 heavy (non-hydrogen) atoms. The molecule has 1 amide bonds. The van der Waals surface area contributed by atoms with Gasteiger partial charge in [0.1, 0.15) is 5.82 Å². The first-order valence-electron chi connectivity index (χ1n) is 10.2. The topological polar surface area (TPSA) is 88.8 Å². The van der Waals surface area contributed by atoms with Crippen LogP contribution in [0.2, 0.25) is 0 Å². The van der Waals surface area contributed by atoms with Gasteiger partial charge in [0.15, 0.2) is 12.3 Å². The Hall–Kier alpha value is -4.20. The van der Waals surface area contributed by atoms with E-state index in [1.807, 2.05) is 44.6 Å². The first-order valence-corrected chi connectivity index (χ1v) is 10.2. The maximum atomic E-state index is 13.8. The Labute approximate surface area is 190 Å². The molecule has 1 atom stereocenters. The Kier molecular flexibility index (Phi) is 5.83. The highest BCUT2D eigenvalue weighted by Crippen LogP contribution is 2.46.